The van der Waals surface area contributed by atoms with Crippen LogP contribution in [0.15, 0.2) is 24.3 Å². The molecule has 1 aromatic rings. The van der Waals surface area contributed by atoms with Gasteiger partial charge in [0.15, 0.2) is 0 Å². The second kappa shape index (κ2) is 7.43. The molecule has 1 heterocycles. The normalized spacial score (nSPS) is 21.2. The lowest BCUT2D eigenvalue weighted by Crippen LogP contribution is -2.53. The lowest BCUT2D eigenvalue weighted by atomic mass is 9.98. The van der Waals surface area contributed by atoms with E-state index in [1.165, 1.54) is 0 Å². The number of carbonyl (C=O) groups is 1. The SMILES string of the molecule is CCOc1ccccc1C(=O)NCC1(COC)CCCN1. The third-order valence-corrected chi connectivity index (χ3v) is 3.77. The number of ether oxygens (including phenoxy) is 2. The quantitative estimate of drug-likeness (QED) is 0.801. The number of nitrogens with one attached hydrogen (secondary N) is 2. The summed E-state index contributed by atoms with van der Waals surface area (Å²) in [4.78, 5) is 12.4. The Morgan fingerprint density at radius 3 is 2.90 bits per heavy atom. The zero-order valence-electron chi connectivity index (χ0n) is 12.8. The fourth-order valence-electron chi connectivity index (χ4n) is 2.75. The van der Waals surface area contributed by atoms with Crippen molar-refractivity contribution in [2.45, 2.75) is 25.3 Å². The van der Waals surface area contributed by atoms with Crippen LogP contribution in [-0.4, -0.2) is 44.9 Å². The maximum Gasteiger partial charge on any atom is 0.255 e. The van der Waals surface area contributed by atoms with Gasteiger partial charge in [0.25, 0.3) is 5.91 Å². The maximum absolute atomic E-state index is 12.4. The number of hydrogen-bond acceptors (Lipinski definition) is 4. The summed E-state index contributed by atoms with van der Waals surface area (Å²) in [5, 5.41) is 6.45. The van der Waals surface area contributed by atoms with E-state index in [-0.39, 0.29) is 11.4 Å². The van der Waals surface area contributed by atoms with Gasteiger partial charge < -0.3 is 20.1 Å². The number of benzene rings is 1. The van der Waals surface area contributed by atoms with Gasteiger partial charge in [-0.05, 0) is 38.4 Å². The van der Waals surface area contributed by atoms with Gasteiger partial charge in [-0.25, -0.2) is 0 Å². The van der Waals surface area contributed by atoms with Gasteiger partial charge in [-0.3, -0.25) is 4.79 Å². The molecule has 1 unspecified atom stereocenters. The van der Waals surface area contributed by atoms with Gasteiger partial charge in [-0.15, -0.1) is 0 Å². The van der Waals surface area contributed by atoms with Gasteiger partial charge in [-0.2, -0.15) is 0 Å². The molecule has 1 saturated heterocycles. The first-order valence-electron chi connectivity index (χ1n) is 7.45. The van der Waals surface area contributed by atoms with Crippen molar-refractivity contribution >= 4 is 5.91 Å². The van der Waals surface area contributed by atoms with E-state index in [1.807, 2.05) is 25.1 Å². The summed E-state index contributed by atoms with van der Waals surface area (Å²) in [5.41, 5.74) is 0.426. The molecule has 21 heavy (non-hydrogen) atoms. The molecular weight excluding hydrogens is 268 g/mol. The van der Waals surface area contributed by atoms with Crippen molar-refractivity contribution in [3.05, 3.63) is 29.8 Å². The Morgan fingerprint density at radius 2 is 2.24 bits per heavy atom. The molecule has 0 aromatic heterocycles. The van der Waals surface area contributed by atoms with E-state index in [4.69, 9.17) is 9.47 Å². The van der Waals surface area contributed by atoms with Crippen molar-refractivity contribution in [3.8, 4) is 5.75 Å². The first kappa shape index (κ1) is 15.8. The number of methoxy groups -OCH3 is 1. The molecule has 1 aliphatic heterocycles. The van der Waals surface area contributed by atoms with Gasteiger partial charge in [0.05, 0.1) is 24.3 Å². The minimum absolute atomic E-state index is 0.108. The predicted octanol–water partition coefficient (Wildman–Crippen LogP) is 1.58. The molecule has 1 aliphatic rings. The minimum Gasteiger partial charge on any atom is -0.493 e. The van der Waals surface area contributed by atoms with Crippen molar-refractivity contribution in [1.82, 2.24) is 10.6 Å². The standard InChI is InChI=1S/C16H24N2O3/c1-3-21-14-8-5-4-7-13(14)15(19)17-11-16(12-20-2)9-6-10-18-16/h4-5,7-8,18H,3,6,9-12H2,1-2H3,(H,17,19). The number of para-hydroxylation sites is 1. The monoisotopic (exact) mass is 292 g/mol. The molecule has 116 valence electrons. The van der Waals surface area contributed by atoms with Crippen LogP contribution in [0.2, 0.25) is 0 Å². The lowest BCUT2D eigenvalue weighted by molar-refractivity contribution is 0.0889. The zero-order chi connectivity index (χ0) is 15.1. The molecule has 0 saturated carbocycles. The molecule has 1 atom stereocenters. The van der Waals surface area contributed by atoms with Crippen LogP contribution in [0.4, 0.5) is 0 Å². The molecule has 2 rings (SSSR count). The fourth-order valence-corrected chi connectivity index (χ4v) is 2.75. The average Bonchev–Trinajstić information content (AvgIpc) is 2.95. The summed E-state index contributed by atoms with van der Waals surface area (Å²) in [6, 6.07) is 7.31. The van der Waals surface area contributed by atoms with Crippen molar-refractivity contribution in [1.29, 1.82) is 0 Å². The van der Waals surface area contributed by atoms with Gasteiger partial charge >= 0.3 is 0 Å². The van der Waals surface area contributed by atoms with Gasteiger partial charge in [0.2, 0.25) is 0 Å². The van der Waals surface area contributed by atoms with Gasteiger partial charge in [-0.1, -0.05) is 12.1 Å². The van der Waals surface area contributed by atoms with E-state index in [1.54, 1.807) is 13.2 Å². The summed E-state index contributed by atoms with van der Waals surface area (Å²) in [6.07, 6.45) is 2.11. The molecule has 5 nitrogen and oxygen atoms in total. The third kappa shape index (κ3) is 3.95. The largest absolute Gasteiger partial charge is 0.493 e. The number of rotatable bonds is 7. The zero-order valence-corrected chi connectivity index (χ0v) is 12.8. The van der Waals surface area contributed by atoms with E-state index in [9.17, 15) is 4.79 Å². The topological polar surface area (TPSA) is 59.6 Å². The van der Waals surface area contributed by atoms with Gasteiger partial charge in [0.1, 0.15) is 5.75 Å². The highest BCUT2D eigenvalue weighted by Crippen LogP contribution is 2.21. The second-order valence-corrected chi connectivity index (χ2v) is 5.36. The molecule has 5 heteroatoms. The Morgan fingerprint density at radius 1 is 1.43 bits per heavy atom. The summed E-state index contributed by atoms with van der Waals surface area (Å²) < 4.78 is 10.8. The Bertz CT molecular complexity index is 470. The lowest BCUT2D eigenvalue weighted by Gasteiger charge is -2.29. The number of hydrogen-bond donors (Lipinski definition) is 2. The van der Waals surface area contributed by atoms with Crippen LogP contribution in [0.25, 0.3) is 0 Å². The molecule has 0 aliphatic carbocycles. The van der Waals surface area contributed by atoms with Crippen LogP contribution in [-0.2, 0) is 4.74 Å². The average molecular weight is 292 g/mol. The molecule has 0 spiro atoms. The highest BCUT2D eigenvalue weighted by Gasteiger charge is 2.34. The summed E-state index contributed by atoms with van der Waals surface area (Å²) in [5.74, 6) is 0.515. The second-order valence-electron chi connectivity index (χ2n) is 5.36. The third-order valence-electron chi connectivity index (χ3n) is 3.77. The molecule has 1 amide bonds. The first-order chi connectivity index (χ1) is 10.2. The Balaban J connectivity index is 2.01. The predicted molar refractivity (Wildman–Crippen MR) is 81.8 cm³/mol. The Kier molecular flexibility index (Phi) is 5.59. The van der Waals surface area contributed by atoms with Crippen molar-refractivity contribution in [2.24, 2.45) is 0 Å². The van der Waals surface area contributed by atoms with Crippen LogP contribution in [0.3, 0.4) is 0 Å². The summed E-state index contributed by atoms with van der Waals surface area (Å²) >= 11 is 0. The van der Waals surface area contributed by atoms with Crippen LogP contribution >= 0.6 is 0 Å². The van der Waals surface area contributed by atoms with Crippen molar-refractivity contribution < 1.29 is 14.3 Å². The van der Waals surface area contributed by atoms with Crippen LogP contribution < -0.4 is 15.4 Å². The highest BCUT2D eigenvalue weighted by atomic mass is 16.5. The van der Waals surface area contributed by atoms with E-state index in [2.05, 4.69) is 10.6 Å². The van der Waals surface area contributed by atoms with E-state index in [0.717, 1.165) is 19.4 Å². The van der Waals surface area contributed by atoms with Crippen molar-refractivity contribution in [2.75, 3.05) is 33.4 Å². The maximum atomic E-state index is 12.4. The first-order valence-corrected chi connectivity index (χ1v) is 7.45. The molecule has 1 aromatic carbocycles. The molecule has 1 fully saturated rings. The van der Waals surface area contributed by atoms with Crippen LogP contribution in [0, 0.1) is 0 Å². The summed E-state index contributed by atoms with van der Waals surface area (Å²) in [7, 11) is 1.69. The fraction of sp³-hybridized carbons (Fsp3) is 0.562. The summed E-state index contributed by atoms with van der Waals surface area (Å²) in [6.45, 7) is 4.57. The van der Waals surface area contributed by atoms with E-state index in [0.29, 0.717) is 31.1 Å². The smallest absolute Gasteiger partial charge is 0.255 e. The molecular formula is C16H24N2O3. The number of carbonyl (C=O) groups excluding carboxylic acids is 1. The number of amides is 1. The van der Waals surface area contributed by atoms with Crippen LogP contribution in [0.1, 0.15) is 30.1 Å². The van der Waals surface area contributed by atoms with Crippen LogP contribution in [0.5, 0.6) is 5.75 Å². The Hall–Kier alpha value is -1.59. The van der Waals surface area contributed by atoms with E-state index < -0.39 is 0 Å². The van der Waals surface area contributed by atoms with Gasteiger partial charge in [0, 0.05) is 13.7 Å². The Labute approximate surface area is 126 Å². The van der Waals surface area contributed by atoms with Crippen molar-refractivity contribution in [3.63, 3.8) is 0 Å². The molecule has 0 bridgehead atoms. The minimum atomic E-state index is -0.148. The highest BCUT2D eigenvalue weighted by molar-refractivity contribution is 5.96. The molecule has 0 radical (unpaired) electrons. The van der Waals surface area contributed by atoms with E-state index >= 15 is 0 Å². The molecule has 2 N–H and O–H groups in total.